The predicted molar refractivity (Wildman–Crippen MR) is 117 cm³/mol. The van der Waals surface area contributed by atoms with Crippen LogP contribution in [0.5, 0.6) is 5.75 Å². The van der Waals surface area contributed by atoms with E-state index in [0.29, 0.717) is 5.92 Å². The third-order valence-electron chi connectivity index (χ3n) is 5.82. The standard InChI is InChI=1S/C26H27NO2/c1-3-25(27-26(28)24-17-23(24)20-7-5-4-6-8-20)21-11-9-18(10-12-21)19-13-15-22(29-2)16-14-19/h4-16,23-25H,3,17H2,1-2H3,(H,27,28)/t23-,24+,25+/m1/s1. The van der Waals surface area contributed by atoms with Crippen LogP contribution in [-0.4, -0.2) is 13.0 Å². The van der Waals surface area contributed by atoms with Gasteiger partial charge >= 0.3 is 0 Å². The Morgan fingerprint density at radius 3 is 2.17 bits per heavy atom. The van der Waals surface area contributed by atoms with Gasteiger partial charge in [0, 0.05) is 5.92 Å². The SMILES string of the molecule is CC[C@H](NC(=O)[C@H]1C[C@@H]1c1ccccc1)c1ccc(-c2ccc(OC)cc2)cc1. The summed E-state index contributed by atoms with van der Waals surface area (Å²) < 4.78 is 5.23. The van der Waals surface area contributed by atoms with E-state index in [1.165, 1.54) is 5.56 Å². The van der Waals surface area contributed by atoms with Crippen LogP contribution in [0.3, 0.4) is 0 Å². The van der Waals surface area contributed by atoms with Crippen LogP contribution in [0.25, 0.3) is 11.1 Å². The van der Waals surface area contributed by atoms with Crippen LogP contribution in [0, 0.1) is 5.92 Å². The third kappa shape index (κ3) is 4.34. The Morgan fingerprint density at radius 1 is 0.966 bits per heavy atom. The molecular formula is C26H27NO2. The number of carbonyl (C=O) groups excluding carboxylic acids is 1. The number of methoxy groups -OCH3 is 1. The molecule has 3 atom stereocenters. The average molecular weight is 386 g/mol. The molecule has 1 saturated carbocycles. The summed E-state index contributed by atoms with van der Waals surface area (Å²) in [6.45, 7) is 2.11. The van der Waals surface area contributed by atoms with Crippen LogP contribution in [0.4, 0.5) is 0 Å². The summed E-state index contributed by atoms with van der Waals surface area (Å²) in [6, 6.07) is 26.9. The Kier molecular flexibility index (Phi) is 5.66. The second-order valence-electron chi connectivity index (χ2n) is 7.68. The van der Waals surface area contributed by atoms with E-state index in [0.717, 1.165) is 35.3 Å². The average Bonchev–Trinajstić information content (AvgIpc) is 3.59. The zero-order chi connectivity index (χ0) is 20.2. The first-order valence-electron chi connectivity index (χ1n) is 10.3. The van der Waals surface area contributed by atoms with Crippen molar-refractivity contribution in [3.05, 3.63) is 90.0 Å². The second kappa shape index (κ2) is 8.52. The Morgan fingerprint density at radius 2 is 1.59 bits per heavy atom. The van der Waals surface area contributed by atoms with Crippen LogP contribution < -0.4 is 10.1 Å². The molecule has 1 aliphatic rings. The monoisotopic (exact) mass is 385 g/mol. The molecule has 1 fully saturated rings. The van der Waals surface area contributed by atoms with Gasteiger partial charge in [-0.05, 0) is 53.1 Å². The predicted octanol–water partition coefficient (Wildman–Crippen LogP) is 5.73. The molecule has 3 aromatic carbocycles. The van der Waals surface area contributed by atoms with Gasteiger partial charge < -0.3 is 10.1 Å². The summed E-state index contributed by atoms with van der Waals surface area (Å²) >= 11 is 0. The number of ether oxygens (including phenoxy) is 1. The summed E-state index contributed by atoms with van der Waals surface area (Å²) in [5, 5.41) is 3.26. The van der Waals surface area contributed by atoms with Gasteiger partial charge in [0.25, 0.3) is 0 Å². The zero-order valence-corrected chi connectivity index (χ0v) is 17.0. The molecule has 0 saturated heterocycles. The molecule has 4 rings (SSSR count). The number of carbonyl (C=O) groups is 1. The lowest BCUT2D eigenvalue weighted by Gasteiger charge is -2.18. The maximum absolute atomic E-state index is 12.8. The largest absolute Gasteiger partial charge is 0.497 e. The van der Waals surface area contributed by atoms with E-state index in [1.54, 1.807) is 7.11 Å². The van der Waals surface area contributed by atoms with Crippen molar-refractivity contribution in [1.82, 2.24) is 5.32 Å². The lowest BCUT2D eigenvalue weighted by molar-refractivity contribution is -0.123. The maximum Gasteiger partial charge on any atom is 0.224 e. The van der Waals surface area contributed by atoms with Gasteiger partial charge in [0.1, 0.15) is 5.75 Å². The van der Waals surface area contributed by atoms with Crippen molar-refractivity contribution in [3.8, 4) is 16.9 Å². The first-order valence-corrected chi connectivity index (χ1v) is 10.3. The van der Waals surface area contributed by atoms with Crippen molar-refractivity contribution >= 4 is 5.91 Å². The molecule has 0 aromatic heterocycles. The van der Waals surface area contributed by atoms with Crippen LogP contribution in [-0.2, 0) is 4.79 Å². The maximum atomic E-state index is 12.8. The van der Waals surface area contributed by atoms with Gasteiger partial charge in [0.15, 0.2) is 0 Å². The van der Waals surface area contributed by atoms with Crippen molar-refractivity contribution in [2.24, 2.45) is 5.92 Å². The highest BCUT2D eigenvalue weighted by molar-refractivity contribution is 5.83. The molecule has 1 N–H and O–H groups in total. The van der Waals surface area contributed by atoms with E-state index in [2.05, 4.69) is 60.8 Å². The zero-order valence-electron chi connectivity index (χ0n) is 17.0. The Bertz CT molecular complexity index is 948. The number of hydrogen-bond acceptors (Lipinski definition) is 2. The Labute approximate surface area is 172 Å². The summed E-state index contributed by atoms with van der Waals surface area (Å²) in [5.41, 5.74) is 4.72. The van der Waals surface area contributed by atoms with E-state index in [4.69, 9.17) is 4.74 Å². The minimum Gasteiger partial charge on any atom is -0.497 e. The van der Waals surface area contributed by atoms with Crippen molar-refractivity contribution < 1.29 is 9.53 Å². The molecule has 29 heavy (non-hydrogen) atoms. The van der Waals surface area contributed by atoms with E-state index in [1.807, 2.05) is 30.3 Å². The minimum absolute atomic E-state index is 0.0458. The van der Waals surface area contributed by atoms with Gasteiger partial charge in [-0.25, -0.2) is 0 Å². The highest BCUT2D eigenvalue weighted by Crippen LogP contribution is 2.47. The van der Waals surface area contributed by atoms with Crippen LogP contribution in [0.2, 0.25) is 0 Å². The number of hydrogen-bond donors (Lipinski definition) is 1. The fraction of sp³-hybridized carbons (Fsp3) is 0.269. The third-order valence-corrected chi connectivity index (χ3v) is 5.82. The summed E-state index contributed by atoms with van der Waals surface area (Å²) in [7, 11) is 1.67. The second-order valence-corrected chi connectivity index (χ2v) is 7.68. The van der Waals surface area contributed by atoms with Crippen molar-refractivity contribution in [3.63, 3.8) is 0 Å². The van der Waals surface area contributed by atoms with Gasteiger partial charge in [0.2, 0.25) is 5.91 Å². The Balaban J connectivity index is 1.40. The number of rotatable bonds is 7. The van der Waals surface area contributed by atoms with E-state index < -0.39 is 0 Å². The van der Waals surface area contributed by atoms with Gasteiger partial charge in [-0.1, -0.05) is 73.7 Å². The Hall–Kier alpha value is -3.07. The topological polar surface area (TPSA) is 38.3 Å². The smallest absolute Gasteiger partial charge is 0.224 e. The molecule has 0 bridgehead atoms. The first-order chi connectivity index (χ1) is 14.2. The number of nitrogens with one attached hydrogen (secondary N) is 1. The van der Waals surface area contributed by atoms with Gasteiger partial charge in [-0.15, -0.1) is 0 Å². The summed E-state index contributed by atoms with van der Waals surface area (Å²) in [5.74, 6) is 1.49. The summed E-state index contributed by atoms with van der Waals surface area (Å²) in [6.07, 6.45) is 1.82. The molecule has 3 nitrogen and oxygen atoms in total. The summed E-state index contributed by atoms with van der Waals surface area (Å²) in [4.78, 5) is 12.8. The van der Waals surface area contributed by atoms with Crippen molar-refractivity contribution in [2.45, 2.75) is 31.7 Å². The molecule has 0 radical (unpaired) electrons. The molecule has 0 aliphatic heterocycles. The highest BCUT2D eigenvalue weighted by atomic mass is 16.5. The van der Waals surface area contributed by atoms with E-state index in [9.17, 15) is 4.79 Å². The fourth-order valence-electron chi connectivity index (χ4n) is 3.94. The highest BCUT2D eigenvalue weighted by Gasteiger charge is 2.44. The lowest BCUT2D eigenvalue weighted by atomic mass is 9.99. The van der Waals surface area contributed by atoms with Crippen molar-refractivity contribution in [1.29, 1.82) is 0 Å². The minimum atomic E-state index is 0.0458. The molecule has 3 heteroatoms. The fourth-order valence-corrected chi connectivity index (χ4v) is 3.94. The van der Waals surface area contributed by atoms with E-state index in [-0.39, 0.29) is 17.9 Å². The van der Waals surface area contributed by atoms with Crippen LogP contribution in [0.15, 0.2) is 78.9 Å². The van der Waals surface area contributed by atoms with E-state index >= 15 is 0 Å². The van der Waals surface area contributed by atoms with Crippen LogP contribution >= 0.6 is 0 Å². The van der Waals surface area contributed by atoms with Gasteiger partial charge in [-0.2, -0.15) is 0 Å². The lowest BCUT2D eigenvalue weighted by Crippen LogP contribution is -2.29. The van der Waals surface area contributed by atoms with Crippen molar-refractivity contribution in [2.75, 3.05) is 7.11 Å². The molecule has 0 spiro atoms. The molecule has 1 amide bonds. The molecule has 0 heterocycles. The van der Waals surface area contributed by atoms with Crippen LogP contribution in [0.1, 0.15) is 42.9 Å². The first kappa shape index (κ1) is 19.3. The van der Waals surface area contributed by atoms with Gasteiger partial charge in [0.05, 0.1) is 13.2 Å². The number of benzene rings is 3. The van der Waals surface area contributed by atoms with Gasteiger partial charge in [-0.3, -0.25) is 4.79 Å². The quantitative estimate of drug-likeness (QED) is 0.564. The number of amides is 1. The molecule has 3 aromatic rings. The normalized spacial score (nSPS) is 18.7. The molecule has 148 valence electrons. The molecule has 0 unspecified atom stereocenters. The molecular weight excluding hydrogens is 358 g/mol. The molecule has 1 aliphatic carbocycles.